The van der Waals surface area contributed by atoms with E-state index in [1.807, 2.05) is 0 Å². The molecule has 0 radical (unpaired) electrons. The maximum absolute atomic E-state index is 12.1. The molecule has 0 N–H and O–H groups in total. The van der Waals surface area contributed by atoms with Crippen LogP contribution in [0.1, 0.15) is 13.8 Å². The van der Waals surface area contributed by atoms with Crippen LogP contribution in [0.5, 0.6) is 0 Å². The molecule has 0 bridgehead atoms. The van der Waals surface area contributed by atoms with Crippen LogP contribution in [0.4, 0.5) is 22.0 Å². The Morgan fingerprint density at radius 1 is 1.20 bits per heavy atom. The molecule has 4 nitrogen and oxygen atoms in total. The van der Waals surface area contributed by atoms with E-state index in [1.165, 1.54) is 0 Å². The van der Waals surface area contributed by atoms with Crippen molar-refractivity contribution in [2.75, 3.05) is 0 Å². The molecule has 0 aliphatic rings. The van der Waals surface area contributed by atoms with Crippen LogP contribution in [0.3, 0.4) is 0 Å². The van der Waals surface area contributed by atoms with E-state index in [-0.39, 0.29) is 0 Å². The maximum atomic E-state index is 12.1. The van der Waals surface area contributed by atoms with Gasteiger partial charge in [0.15, 0.2) is 0 Å². The van der Waals surface area contributed by atoms with Gasteiger partial charge in [-0.1, -0.05) is 0 Å². The normalized spacial score (nSPS) is 17.9. The van der Waals surface area contributed by atoms with Crippen LogP contribution in [-0.4, -0.2) is 18.4 Å². The Bertz CT molecular complexity index is 263. The summed E-state index contributed by atoms with van der Waals surface area (Å²) in [5.74, 6) is 0. The van der Waals surface area contributed by atoms with Crippen LogP contribution in [0.15, 0.2) is 0 Å². The van der Waals surface area contributed by atoms with E-state index in [9.17, 15) is 31.4 Å². The summed E-state index contributed by atoms with van der Waals surface area (Å²) >= 11 is 0. The minimum atomic E-state index is -6.12. The quantitative estimate of drug-likeness (QED) is 0.571. The minimum Gasteiger partial charge on any atom is -0.756 e. The van der Waals surface area contributed by atoms with Gasteiger partial charge in [0, 0.05) is 0 Å². The molecular weight excluding hydrogens is 250 g/mol. The van der Waals surface area contributed by atoms with E-state index >= 15 is 0 Å². The standard InChI is InChI=1S/C5H8F5O4P/c1-3(2)13-15(11,12)14-5(9,10)4(6,7)8/h3H,1-2H3,(H,11,12)/p-1. The number of halogens is 5. The summed E-state index contributed by atoms with van der Waals surface area (Å²) in [5, 5.41) is 0. The van der Waals surface area contributed by atoms with Crippen LogP contribution in [0, 0.1) is 0 Å². The summed E-state index contributed by atoms with van der Waals surface area (Å²) in [6, 6.07) is 0. The summed E-state index contributed by atoms with van der Waals surface area (Å²) < 4.78 is 75.6. The van der Waals surface area contributed by atoms with Crippen molar-refractivity contribution in [1.29, 1.82) is 0 Å². The molecule has 0 rings (SSSR count). The molecule has 0 spiro atoms. The van der Waals surface area contributed by atoms with Gasteiger partial charge in [0.05, 0.1) is 6.10 Å². The largest absolute Gasteiger partial charge is 0.756 e. The molecule has 1 atom stereocenters. The topological polar surface area (TPSA) is 58.6 Å². The molecular formula is C5H7F5O4P-. The molecule has 0 saturated carbocycles. The molecule has 0 aliphatic heterocycles. The zero-order valence-electron chi connectivity index (χ0n) is 7.55. The highest BCUT2D eigenvalue weighted by molar-refractivity contribution is 7.45. The second-order valence-corrected chi connectivity index (χ2v) is 4.00. The fourth-order valence-electron chi connectivity index (χ4n) is 0.472. The minimum absolute atomic E-state index is 1.10. The molecule has 15 heavy (non-hydrogen) atoms. The molecule has 0 fully saturated rings. The predicted octanol–water partition coefficient (Wildman–Crippen LogP) is 2.05. The van der Waals surface area contributed by atoms with Gasteiger partial charge in [0.1, 0.15) is 0 Å². The lowest BCUT2D eigenvalue weighted by Gasteiger charge is -2.29. The fraction of sp³-hybridized carbons (Fsp3) is 1.00. The maximum Gasteiger partial charge on any atom is 0.483 e. The lowest BCUT2D eigenvalue weighted by molar-refractivity contribution is -0.381. The lowest BCUT2D eigenvalue weighted by Crippen LogP contribution is -2.39. The molecule has 0 saturated heterocycles. The Morgan fingerprint density at radius 3 is 1.87 bits per heavy atom. The van der Waals surface area contributed by atoms with E-state index in [0.29, 0.717) is 0 Å². The second kappa shape index (κ2) is 4.32. The molecule has 0 aromatic rings. The SMILES string of the molecule is CC(C)OP(=O)([O-])OC(F)(F)C(F)(F)F. The Labute approximate surface area is 81.6 Å². The van der Waals surface area contributed by atoms with Crippen molar-refractivity contribution in [3.63, 3.8) is 0 Å². The first kappa shape index (κ1) is 14.8. The first-order valence-electron chi connectivity index (χ1n) is 3.52. The van der Waals surface area contributed by atoms with Gasteiger partial charge in [-0.3, -0.25) is 4.57 Å². The Balaban J connectivity index is 4.66. The molecule has 0 aromatic carbocycles. The van der Waals surface area contributed by atoms with Gasteiger partial charge in [-0.15, -0.1) is 0 Å². The monoisotopic (exact) mass is 257 g/mol. The van der Waals surface area contributed by atoms with Crippen molar-refractivity contribution in [3.05, 3.63) is 0 Å². The van der Waals surface area contributed by atoms with Crippen molar-refractivity contribution in [2.24, 2.45) is 0 Å². The number of hydrogen-bond acceptors (Lipinski definition) is 4. The highest BCUT2D eigenvalue weighted by atomic mass is 31.2. The first-order valence-corrected chi connectivity index (χ1v) is 4.98. The first-order chi connectivity index (χ1) is 6.37. The van der Waals surface area contributed by atoms with E-state index in [0.717, 1.165) is 13.8 Å². The fourth-order valence-corrected chi connectivity index (χ4v) is 1.42. The van der Waals surface area contributed by atoms with Gasteiger partial charge < -0.3 is 9.42 Å². The molecule has 0 amide bonds. The van der Waals surface area contributed by atoms with Gasteiger partial charge >= 0.3 is 12.3 Å². The molecule has 92 valence electrons. The number of phosphoric ester groups is 1. The summed E-state index contributed by atoms with van der Waals surface area (Å²) in [6.45, 7) is 2.25. The van der Waals surface area contributed by atoms with E-state index < -0.39 is 26.2 Å². The molecule has 0 aromatic heterocycles. The summed E-state index contributed by atoms with van der Waals surface area (Å²) in [6.07, 6.45) is -13.0. The summed E-state index contributed by atoms with van der Waals surface area (Å²) in [7, 11) is -5.69. The smallest absolute Gasteiger partial charge is 0.483 e. The van der Waals surface area contributed by atoms with Crippen molar-refractivity contribution in [2.45, 2.75) is 32.2 Å². The van der Waals surface area contributed by atoms with Crippen LogP contribution < -0.4 is 4.89 Å². The number of hydrogen-bond donors (Lipinski definition) is 0. The zero-order valence-corrected chi connectivity index (χ0v) is 8.44. The van der Waals surface area contributed by atoms with Gasteiger partial charge in [-0.2, -0.15) is 22.0 Å². The van der Waals surface area contributed by atoms with Crippen molar-refractivity contribution in [3.8, 4) is 0 Å². The number of alkyl halides is 5. The highest BCUT2D eigenvalue weighted by Crippen LogP contribution is 2.50. The number of rotatable bonds is 4. The average Bonchev–Trinajstić information content (AvgIpc) is 1.75. The third-order valence-corrected chi connectivity index (χ3v) is 2.03. The van der Waals surface area contributed by atoms with Crippen LogP contribution in [-0.2, 0) is 13.6 Å². The van der Waals surface area contributed by atoms with E-state index in [1.54, 1.807) is 0 Å². The van der Waals surface area contributed by atoms with Crippen molar-refractivity contribution < 1.29 is 40.5 Å². The second-order valence-electron chi connectivity index (χ2n) is 2.71. The molecule has 0 heterocycles. The van der Waals surface area contributed by atoms with Gasteiger partial charge in [-0.25, -0.2) is 4.52 Å². The van der Waals surface area contributed by atoms with Crippen LogP contribution >= 0.6 is 7.82 Å². The predicted molar refractivity (Wildman–Crippen MR) is 35.9 cm³/mol. The Kier molecular flexibility index (Phi) is 4.26. The molecule has 1 unspecified atom stereocenters. The van der Waals surface area contributed by atoms with Crippen molar-refractivity contribution in [1.82, 2.24) is 0 Å². The Morgan fingerprint density at radius 2 is 1.60 bits per heavy atom. The van der Waals surface area contributed by atoms with Crippen molar-refractivity contribution >= 4 is 7.82 Å². The average molecular weight is 257 g/mol. The number of phosphoric acid groups is 1. The van der Waals surface area contributed by atoms with Gasteiger partial charge in [0.25, 0.3) is 7.82 Å². The van der Waals surface area contributed by atoms with E-state index in [2.05, 4.69) is 9.05 Å². The van der Waals surface area contributed by atoms with Crippen LogP contribution in [0.25, 0.3) is 0 Å². The van der Waals surface area contributed by atoms with E-state index in [4.69, 9.17) is 0 Å². The zero-order chi connectivity index (χ0) is 12.5. The summed E-state index contributed by atoms with van der Waals surface area (Å²) in [5.41, 5.74) is 0. The van der Waals surface area contributed by atoms with Gasteiger partial charge in [0.2, 0.25) is 0 Å². The summed E-state index contributed by atoms with van der Waals surface area (Å²) in [4.78, 5) is 10.5. The molecule has 0 aliphatic carbocycles. The lowest BCUT2D eigenvalue weighted by atomic mass is 10.5. The van der Waals surface area contributed by atoms with Gasteiger partial charge in [-0.05, 0) is 13.8 Å². The molecule has 10 heteroatoms. The third-order valence-electron chi connectivity index (χ3n) is 0.896. The van der Waals surface area contributed by atoms with Crippen LogP contribution in [0.2, 0.25) is 0 Å². The highest BCUT2D eigenvalue weighted by Gasteiger charge is 2.61. The Hall–Kier alpha value is -0.240. The third kappa shape index (κ3) is 4.87.